The number of ether oxygens (including phenoxy) is 2. The highest BCUT2D eigenvalue weighted by Gasteiger charge is 2.39. The fourth-order valence-electron chi connectivity index (χ4n) is 3.32. The summed E-state index contributed by atoms with van der Waals surface area (Å²) in [5.74, 6) is 1.97. The zero-order chi connectivity index (χ0) is 17.9. The van der Waals surface area contributed by atoms with E-state index in [9.17, 15) is 4.79 Å². The van der Waals surface area contributed by atoms with Crippen molar-refractivity contribution in [1.82, 2.24) is 15.5 Å². The molecule has 25 heavy (non-hydrogen) atoms. The normalized spacial score (nSPS) is 16.3. The molecule has 1 N–H and O–H groups in total. The standard InChI is InChI=1S/C18H23N3O4/c1-12-19-17(21-25-12)18(9-5-4-6-10-18)20-16(22)13-7-8-14(23-2)15(11-13)24-3/h7-8,11H,4-6,9-10H2,1-3H3,(H,20,22). The van der Waals surface area contributed by atoms with Crippen LogP contribution in [0.1, 0.15) is 54.2 Å². The first-order chi connectivity index (χ1) is 12.1. The molecule has 1 amide bonds. The third-order valence-electron chi connectivity index (χ3n) is 4.66. The van der Waals surface area contributed by atoms with Crippen molar-refractivity contribution in [2.75, 3.05) is 14.2 Å². The second kappa shape index (κ2) is 7.13. The first-order valence-electron chi connectivity index (χ1n) is 8.43. The Labute approximate surface area is 146 Å². The summed E-state index contributed by atoms with van der Waals surface area (Å²) in [6.07, 6.45) is 4.76. The first-order valence-corrected chi connectivity index (χ1v) is 8.43. The van der Waals surface area contributed by atoms with Gasteiger partial charge in [-0.25, -0.2) is 0 Å². The van der Waals surface area contributed by atoms with Crippen molar-refractivity contribution in [2.24, 2.45) is 0 Å². The molecule has 1 saturated carbocycles. The van der Waals surface area contributed by atoms with E-state index in [4.69, 9.17) is 14.0 Å². The van der Waals surface area contributed by atoms with E-state index in [1.165, 1.54) is 0 Å². The van der Waals surface area contributed by atoms with Gasteiger partial charge in [-0.15, -0.1) is 0 Å². The highest BCUT2D eigenvalue weighted by molar-refractivity contribution is 5.95. The van der Waals surface area contributed by atoms with E-state index >= 15 is 0 Å². The number of aryl methyl sites for hydroxylation is 1. The highest BCUT2D eigenvalue weighted by Crippen LogP contribution is 2.36. The molecule has 0 spiro atoms. The van der Waals surface area contributed by atoms with E-state index in [1.54, 1.807) is 39.3 Å². The SMILES string of the molecule is COc1ccc(C(=O)NC2(c3noc(C)n3)CCCCC2)cc1OC. The van der Waals surface area contributed by atoms with Crippen molar-refractivity contribution in [2.45, 2.75) is 44.6 Å². The smallest absolute Gasteiger partial charge is 0.252 e. The highest BCUT2D eigenvalue weighted by atomic mass is 16.5. The largest absolute Gasteiger partial charge is 0.493 e. The number of benzene rings is 1. The molecule has 1 aliphatic carbocycles. The van der Waals surface area contributed by atoms with Crippen LogP contribution in [-0.2, 0) is 5.54 Å². The van der Waals surface area contributed by atoms with Crippen LogP contribution >= 0.6 is 0 Å². The molecule has 1 heterocycles. The minimum atomic E-state index is -0.583. The number of rotatable bonds is 5. The number of carbonyl (C=O) groups excluding carboxylic acids is 1. The summed E-state index contributed by atoms with van der Waals surface area (Å²) < 4.78 is 15.7. The van der Waals surface area contributed by atoms with Crippen LogP contribution in [0.4, 0.5) is 0 Å². The van der Waals surface area contributed by atoms with Gasteiger partial charge in [0.2, 0.25) is 5.89 Å². The van der Waals surface area contributed by atoms with E-state index in [0.29, 0.717) is 28.8 Å². The van der Waals surface area contributed by atoms with Gasteiger partial charge in [0.25, 0.3) is 5.91 Å². The number of nitrogens with zero attached hydrogens (tertiary/aromatic N) is 2. The molecule has 1 aliphatic rings. The lowest BCUT2D eigenvalue weighted by Crippen LogP contribution is -2.48. The Morgan fingerprint density at radius 2 is 1.88 bits per heavy atom. The van der Waals surface area contributed by atoms with Crippen LogP contribution < -0.4 is 14.8 Å². The van der Waals surface area contributed by atoms with Crippen molar-refractivity contribution in [1.29, 1.82) is 0 Å². The van der Waals surface area contributed by atoms with E-state index in [2.05, 4.69) is 15.5 Å². The molecule has 7 heteroatoms. The number of aromatic nitrogens is 2. The summed E-state index contributed by atoms with van der Waals surface area (Å²) in [7, 11) is 3.11. The maximum atomic E-state index is 12.9. The molecule has 7 nitrogen and oxygen atoms in total. The molecule has 134 valence electrons. The van der Waals surface area contributed by atoms with Crippen LogP contribution in [0, 0.1) is 6.92 Å². The lowest BCUT2D eigenvalue weighted by Gasteiger charge is -2.35. The van der Waals surface area contributed by atoms with E-state index in [0.717, 1.165) is 32.1 Å². The Morgan fingerprint density at radius 1 is 1.16 bits per heavy atom. The van der Waals surface area contributed by atoms with Gasteiger partial charge in [-0.2, -0.15) is 4.98 Å². The summed E-state index contributed by atoms with van der Waals surface area (Å²) >= 11 is 0. The average molecular weight is 345 g/mol. The number of hydrogen-bond acceptors (Lipinski definition) is 6. The Hall–Kier alpha value is -2.57. The van der Waals surface area contributed by atoms with E-state index in [-0.39, 0.29) is 5.91 Å². The quantitative estimate of drug-likeness (QED) is 0.896. The second-order valence-electron chi connectivity index (χ2n) is 6.30. The van der Waals surface area contributed by atoms with Crippen LogP contribution in [0.3, 0.4) is 0 Å². The van der Waals surface area contributed by atoms with Crippen LogP contribution in [0.25, 0.3) is 0 Å². The number of amides is 1. The zero-order valence-electron chi connectivity index (χ0n) is 14.8. The van der Waals surface area contributed by atoms with Crippen molar-refractivity contribution >= 4 is 5.91 Å². The van der Waals surface area contributed by atoms with Crippen molar-refractivity contribution < 1.29 is 18.8 Å². The van der Waals surface area contributed by atoms with Crippen molar-refractivity contribution in [3.8, 4) is 11.5 Å². The van der Waals surface area contributed by atoms with Gasteiger partial charge < -0.3 is 19.3 Å². The molecule has 0 aliphatic heterocycles. The fraction of sp³-hybridized carbons (Fsp3) is 0.500. The molecule has 3 rings (SSSR count). The van der Waals surface area contributed by atoms with Crippen LogP contribution in [0.15, 0.2) is 22.7 Å². The number of carbonyl (C=O) groups is 1. The molecule has 1 fully saturated rings. The molecular weight excluding hydrogens is 322 g/mol. The average Bonchev–Trinajstić information content (AvgIpc) is 3.09. The van der Waals surface area contributed by atoms with Gasteiger partial charge in [0.1, 0.15) is 5.54 Å². The summed E-state index contributed by atoms with van der Waals surface area (Å²) in [5.41, 5.74) is -0.0805. The Kier molecular flexibility index (Phi) is 4.92. The fourth-order valence-corrected chi connectivity index (χ4v) is 3.32. The Bertz CT molecular complexity index is 751. The van der Waals surface area contributed by atoms with Crippen LogP contribution in [-0.4, -0.2) is 30.3 Å². The summed E-state index contributed by atoms with van der Waals surface area (Å²) in [4.78, 5) is 17.2. The Morgan fingerprint density at radius 3 is 2.48 bits per heavy atom. The molecule has 1 aromatic carbocycles. The van der Waals surface area contributed by atoms with Gasteiger partial charge >= 0.3 is 0 Å². The molecule has 0 saturated heterocycles. The molecule has 2 aromatic rings. The lowest BCUT2D eigenvalue weighted by molar-refractivity contribution is 0.0855. The van der Waals surface area contributed by atoms with Gasteiger partial charge in [-0.3, -0.25) is 4.79 Å². The van der Waals surface area contributed by atoms with Crippen molar-refractivity contribution in [3.63, 3.8) is 0 Å². The minimum absolute atomic E-state index is 0.190. The number of methoxy groups -OCH3 is 2. The maximum absolute atomic E-state index is 12.9. The molecule has 0 atom stereocenters. The monoisotopic (exact) mass is 345 g/mol. The molecule has 1 aromatic heterocycles. The number of hydrogen-bond donors (Lipinski definition) is 1. The van der Waals surface area contributed by atoms with Crippen LogP contribution in [0.2, 0.25) is 0 Å². The van der Waals surface area contributed by atoms with E-state index in [1.807, 2.05) is 0 Å². The minimum Gasteiger partial charge on any atom is -0.493 e. The van der Waals surface area contributed by atoms with Gasteiger partial charge in [-0.05, 0) is 31.0 Å². The summed E-state index contributed by atoms with van der Waals surface area (Å²) in [6.45, 7) is 1.75. The second-order valence-corrected chi connectivity index (χ2v) is 6.30. The Balaban J connectivity index is 1.88. The van der Waals surface area contributed by atoms with Gasteiger partial charge in [0.15, 0.2) is 17.3 Å². The van der Waals surface area contributed by atoms with Gasteiger partial charge in [0, 0.05) is 12.5 Å². The van der Waals surface area contributed by atoms with Gasteiger partial charge in [0.05, 0.1) is 14.2 Å². The maximum Gasteiger partial charge on any atom is 0.252 e. The predicted molar refractivity (Wildman–Crippen MR) is 90.8 cm³/mol. The summed E-state index contributed by atoms with van der Waals surface area (Å²) in [5, 5.41) is 7.22. The third-order valence-corrected chi connectivity index (χ3v) is 4.66. The van der Waals surface area contributed by atoms with Crippen molar-refractivity contribution in [3.05, 3.63) is 35.5 Å². The summed E-state index contributed by atoms with van der Waals surface area (Å²) in [6, 6.07) is 5.11. The topological polar surface area (TPSA) is 86.5 Å². The van der Waals surface area contributed by atoms with Gasteiger partial charge in [-0.1, -0.05) is 24.4 Å². The molecule has 0 bridgehead atoms. The predicted octanol–water partition coefficient (Wildman–Crippen LogP) is 2.98. The molecule has 0 radical (unpaired) electrons. The zero-order valence-corrected chi connectivity index (χ0v) is 14.8. The van der Waals surface area contributed by atoms with Crippen LogP contribution in [0.5, 0.6) is 11.5 Å². The lowest BCUT2D eigenvalue weighted by atomic mass is 9.80. The molecule has 0 unspecified atom stereocenters. The molecular formula is C18H23N3O4. The third kappa shape index (κ3) is 3.45. The number of nitrogens with one attached hydrogen (secondary N) is 1. The first kappa shape index (κ1) is 17.3. The van der Waals surface area contributed by atoms with E-state index < -0.39 is 5.54 Å².